The van der Waals surface area contributed by atoms with E-state index in [1.54, 1.807) is 0 Å². The summed E-state index contributed by atoms with van der Waals surface area (Å²) < 4.78 is 20.8. The van der Waals surface area contributed by atoms with Crippen LogP contribution >= 0.6 is 0 Å². The summed E-state index contributed by atoms with van der Waals surface area (Å²) in [5.41, 5.74) is 1.67. The van der Waals surface area contributed by atoms with Gasteiger partial charge in [0, 0.05) is 36.4 Å². The number of anilines is 1. The maximum atomic E-state index is 14.1. The van der Waals surface area contributed by atoms with Crippen LogP contribution in [-0.4, -0.2) is 46.5 Å². The second kappa shape index (κ2) is 11.3. The highest BCUT2D eigenvalue weighted by atomic mass is 19.1. The highest BCUT2D eigenvalue weighted by Crippen LogP contribution is 2.46. The minimum absolute atomic E-state index is 0.0657. The van der Waals surface area contributed by atoms with Crippen molar-refractivity contribution in [2.45, 2.75) is 108 Å². The fourth-order valence-corrected chi connectivity index (χ4v) is 9.16. The number of fused-ring (bicyclic) bond motifs is 4. The Morgan fingerprint density at radius 3 is 2.45 bits per heavy atom. The van der Waals surface area contributed by atoms with Crippen molar-refractivity contribution in [3.05, 3.63) is 30.0 Å². The van der Waals surface area contributed by atoms with Crippen LogP contribution in [0.2, 0.25) is 0 Å². The molecular formula is C34H44FN3O4. The van der Waals surface area contributed by atoms with E-state index in [0.29, 0.717) is 36.2 Å². The molecule has 1 spiro atoms. The molecule has 7 rings (SSSR count). The van der Waals surface area contributed by atoms with Gasteiger partial charge in [0.05, 0.1) is 12.2 Å². The molecule has 4 fully saturated rings. The summed E-state index contributed by atoms with van der Waals surface area (Å²) in [4.78, 5) is 42.6. The number of halogens is 1. The summed E-state index contributed by atoms with van der Waals surface area (Å²) in [6.07, 6.45) is 14.5. The van der Waals surface area contributed by atoms with Crippen molar-refractivity contribution in [1.29, 1.82) is 0 Å². The van der Waals surface area contributed by atoms with Crippen LogP contribution in [0.3, 0.4) is 0 Å². The minimum Gasteiger partial charge on any atom is -0.434 e. The molecule has 2 atom stereocenters. The predicted molar refractivity (Wildman–Crippen MR) is 159 cm³/mol. The molecule has 2 aliphatic heterocycles. The number of ether oxygens (including phenoxy) is 1. The normalized spacial score (nSPS) is 29.3. The first-order chi connectivity index (χ1) is 20.5. The molecule has 7 nitrogen and oxygen atoms in total. The molecule has 3 aliphatic carbocycles. The fourth-order valence-electron chi connectivity index (χ4n) is 9.16. The summed E-state index contributed by atoms with van der Waals surface area (Å²) >= 11 is 0. The Morgan fingerprint density at radius 2 is 1.71 bits per heavy atom. The lowest BCUT2D eigenvalue weighted by molar-refractivity contribution is -0.142. The number of benzene rings is 1. The van der Waals surface area contributed by atoms with Crippen molar-refractivity contribution < 1.29 is 23.5 Å². The Balaban J connectivity index is 1.12. The molecule has 1 aromatic carbocycles. The van der Waals surface area contributed by atoms with Crippen LogP contribution in [0, 0.1) is 23.7 Å². The third kappa shape index (κ3) is 4.83. The number of esters is 1. The number of hydrogen-bond acceptors (Lipinski definition) is 4. The van der Waals surface area contributed by atoms with Gasteiger partial charge in [-0.3, -0.25) is 18.5 Å². The van der Waals surface area contributed by atoms with Crippen molar-refractivity contribution in [1.82, 2.24) is 9.47 Å². The standard InChI is InChI=1S/C34H44FN3O4/c35-18-14-22-8-10-24(11-9-22)32(40)37-19-15-27(23-6-2-1-3-7-23)30(37)31(39)36-26-12-13-28-25(20-26)21-29-33(41)42-34(38(28)29)16-4-5-17-34/h12-13,20-24,27,30H,1-11,14-19H2,(H,36,39)/t22?,24?,27-,30-/m0/s1. The van der Waals surface area contributed by atoms with Crippen LogP contribution in [0.15, 0.2) is 24.3 Å². The monoisotopic (exact) mass is 577 g/mol. The topological polar surface area (TPSA) is 80.6 Å². The summed E-state index contributed by atoms with van der Waals surface area (Å²) in [5.74, 6) is 0.709. The molecule has 5 aliphatic rings. The molecule has 226 valence electrons. The Morgan fingerprint density at radius 1 is 0.952 bits per heavy atom. The number of amides is 2. The Bertz CT molecular complexity index is 1350. The molecule has 0 unspecified atom stereocenters. The molecule has 1 aromatic heterocycles. The minimum atomic E-state index is -0.568. The van der Waals surface area contributed by atoms with Crippen molar-refractivity contribution in [3.8, 4) is 0 Å². The van der Waals surface area contributed by atoms with Crippen LogP contribution in [0.25, 0.3) is 10.9 Å². The molecule has 42 heavy (non-hydrogen) atoms. The van der Waals surface area contributed by atoms with Crippen molar-refractivity contribution in [2.24, 2.45) is 23.7 Å². The molecular weight excluding hydrogens is 533 g/mol. The molecule has 8 heteroatoms. The van der Waals surface area contributed by atoms with E-state index < -0.39 is 11.8 Å². The summed E-state index contributed by atoms with van der Waals surface area (Å²) in [6.45, 7) is 0.349. The SMILES string of the molecule is O=C1OC2(CCCC2)n2c1cc1cc(NC(=O)[C@@H]3[C@H](C4CCCCC4)CCN3C(=O)C3CCC(CCF)CC3)ccc12. The van der Waals surface area contributed by atoms with E-state index in [-0.39, 0.29) is 36.3 Å². The first-order valence-corrected chi connectivity index (χ1v) is 16.5. The zero-order valence-electron chi connectivity index (χ0n) is 24.6. The lowest BCUT2D eigenvalue weighted by atomic mass is 9.76. The van der Waals surface area contributed by atoms with E-state index in [1.165, 1.54) is 19.3 Å². The average Bonchev–Trinajstić information content (AvgIpc) is 3.79. The lowest BCUT2D eigenvalue weighted by Gasteiger charge is -2.36. The van der Waals surface area contributed by atoms with Gasteiger partial charge >= 0.3 is 5.97 Å². The predicted octanol–water partition coefficient (Wildman–Crippen LogP) is 6.94. The number of hydrogen-bond donors (Lipinski definition) is 1. The van der Waals surface area contributed by atoms with Gasteiger partial charge in [-0.1, -0.05) is 32.1 Å². The first kappa shape index (κ1) is 27.9. The highest BCUT2D eigenvalue weighted by Gasteiger charge is 2.49. The number of nitrogens with zero attached hydrogens (tertiary/aromatic N) is 2. The molecule has 3 heterocycles. The number of aromatic nitrogens is 1. The lowest BCUT2D eigenvalue weighted by Crippen LogP contribution is -2.49. The summed E-state index contributed by atoms with van der Waals surface area (Å²) in [7, 11) is 0. The van der Waals surface area contributed by atoms with E-state index in [1.807, 2.05) is 29.2 Å². The van der Waals surface area contributed by atoms with E-state index in [0.717, 1.165) is 81.5 Å². The van der Waals surface area contributed by atoms with E-state index in [4.69, 9.17) is 4.74 Å². The number of carbonyl (C=O) groups is 3. The van der Waals surface area contributed by atoms with Crippen LogP contribution in [0.5, 0.6) is 0 Å². The third-order valence-electron chi connectivity index (χ3n) is 11.3. The molecule has 0 bridgehead atoms. The van der Waals surface area contributed by atoms with Crippen molar-refractivity contribution in [3.63, 3.8) is 0 Å². The molecule has 0 radical (unpaired) electrons. The van der Waals surface area contributed by atoms with Crippen molar-refractivity contribution in [2.75, 3.05) is 18.5 Å². The van der Waals surface area contributed by atoms with Gasteiger partial charge in [0.15, 0.2) is 5.72 Å². The number of carbonyl (C=O) groups excluding carboxylic acids is 3. The van der Waals surface area contributed by atoms with Gasteiger partial charge < -0.3 is 15.0 Å². The second-order valence-corrected chi connectivity index (χ2v) is 13.7. The molecule has 1 N–H and O–H groups in total. The third-order valence-corrected chi connectivity index (χ3v) is 11.3. The van der Waals surface area contributed by atoms with E-state index in [2.05, 4.69) is 9.88 Å². The van der Waals surface area contributed by atoms with E-state index >= 15 is 0 Å². The van der Waals surface area contributed by atoms with Gasteiger partial charge in [-0.25, -0.2) is 4.79 Å². The largest absolute Gasteiger partial charge is 0.434 e. The van der Waals surface area contributed by atoms with E-state index in [9.17, 15) is 18.8 Å². The smallest absolute Gasteiger partial charge is 0.357 e. The van der Waals surface area contributed by atoms with Gasteiger partial charge in [-0.15, -0.1) is 0 Å². The Hall–Kier alpha value is -2.90. The zero-order valence-corrected chi connectivity index (χ0v) is 24.6. The van der Waals surface area contributed by atoms with Gasteiger partial charge in [0.25, 0.3) is 0 Å². The van der Waals surface area contributed by atoms with Crippen molar-refractivity contribution >= 4 is 34.4 Å². The number of nitrogens with one attached hydrogen (secondary N) is 1. The first-order valence-electron chi connectivity index (χ1n) is 16.5. The van der Waals surface area contributed by atoms with Crippen LogP contribution < -0.4 is 5.32 Å². The second-order valence-electron chi connectivity index (χ2n) is 13.7. The zero-order chi connectivity index (χ0) is 28.8. The van der Waals surface area contributed by atoms with Crippen LogP contribution in [-0.2, 0) is 20.1 Å². The molecule has 1 saturated heterocycles. The van der Waals surface area contributed by atoms with Crippen LogP contribution in [0.4, 0.5) is 10.1 Å². The highest BCUT2D eigenvalue weighted by molar-refractivity contribution is 6.02. The number of alkyl halides is 1. The number of rotatable bonds is 6. The maximum Gasteiger partial charge on any atom is 0.357 e. The summed E-state index contributed by atoms with van der Waals surface area (Å²) in [6, 6.07) is 7.29. The Labute approximate surface area is 247 Å². The van der Waals surface area contributed by atoms with Gasteiger partial charge in [-0.05, 0) is 93.4 Å². The molecule has 3 saturated carbocycles. The average molecular weight is 578 g/mol. The maximum absolute atomic E-state index is 14.1. The van der Waals surface area contributed by atoms with Crippen LogP contribution in [0.1, 0.15) is 107 Å². The fraction of sp³-hybridized carbons (Fsp3) is 0.676. The Kier molecular flexibility index (Phi) is 7.51. The van der Waals surface area contributed by atoms with Gasteiger partial charge in [0.1, 0.15) is 11.7 Å². The summed E-state index contributed by atoms with van der Waals surface area (Å²) in [5, 5.41) is 4.11. The van der Waals surface area contributed by atoms with Gasteiger partial charge in [-0.2, -0.15) is 0 Å². The quantitative estimate of drug-likeness (QED) is 0.377. The van der Waals surface area contributed by atoms with Gasteiger partial charge in [0.2, 0.25) is 11.8 Å². The molecule has 2 aromatic rings. The molecule has 2 amide bonds. The number of likely N-dealkylation sites (tertiary alicyclic amines) is 1.